The predicted molar refractivity (Wildman–Crippen MR) is 143 cm³/mol. The Hall–Kier alpha value is -0.473. The molecule has 0 N–H and O–H groups in total. The Morgan fingerprint density at radius 1 is 0.973 bits per heavy atom. The van der Waals surface area contributed by atoms with Gasteiger partial charge in [-0.2, -0.15) is 0 Å². The number of ether oxygens (including phenoxy) is 4. The minimum atomic E-state index is -1.94. The molecule has 2 aliphatic heterocycles. The first-order chi connectivity index (χ1) is 17.1. The van der Waals surface area contributed by atoms with Crippen molar-refractivity contribution in [3.63, 3.8) is 0 Å². The van der Waals surface area contributed by atoms with Crippen LogP contribution in [0, 0.1) is 34.5 Å². The van der Waals surface area contributed by atoms with E-state index in [4.69, 9.17) is 23.4 Å². The van der Waals surface area contributed by atoms with E-state index < -0.39 is 20.4 Å². The molecule has 4 aliphatic carbocycles. The van der Waals surface area contributed by atoms with Crippen LogP contribution in [0.4, 0.5) is 0 Å². The molecule has 2 saturated heterocycles. The van der Waals surface area contributed by atoms with E-state index in [1.165, 1.54) is 13.3 Å². The molecule has 37 heavy (non-hydrogen) atoms. The van der Waals surface area contributed by atoms with Gasteiger partial charge in [-0.3, -0.25) is 4.79 Å². The van der Waals surface area contributed by atoms with Crippen molar-refractivity contribution < 1.29 is 28.2 Å². The zero-order valence-electron chi connectivity index (χ0n) is 24.6. The van der Waals surface area contributed by atoms with Crippen LogP contribution in [0.2, 0.25) is 18.1 Å². The average Bonchev–Trinajstić information content (AvgIpc) is 3.36. The van der Waals surface area contributed by atoms with E-state index in [1.807, 2.05) is 0 Å². The van der Waals surface area contributed by atoms with E-state index >= 15 is 0 Å². The molecule has 0 bridgehead atoms. The van der Waals surface area contributed by atoms with Crippen LogP contribution < -0.4 is 0 Å². The van der Waals surface area contributed by atoms with Crippen LogP contribution in [0.25, 0.3) is 0 Å². The minimum Gasteiger partial charge on any atom is -0.435 e. The van der Waals surface area contributed by atoms with E-state index in [-0.39, 0.29) is 46.3 Å². The van der Waals surface area contributed by atoms with Crippen molar-refractivity contribution in [2.24, 2.45) is 34.5 Å². The molecule has 0 aromatic rings. The predicted octanol–water partition coefficient (Wildman–Crippen LogP) is 6.43. The molecule has 1 spiro atoms. The highest BCUT2D eigenvalue weighted by Gasteiger charge is 2.77. The summed E-state index contributed by atoms with van der Waals surface area (Å²) < 4.78 is 33.8. The molecule has 4 saturated carbocycles. The third kappa shape index (κ3) is 3.73. The Labute approximate surface area is 225 Å². The molecule has 0 aromatic heterocycles. The summed E-state index contributed by atoms with van der Waals surface area (Å²) in [4.78, 5) is 12.4. The van der Waals surface area contributed by atoms with Crippen LogP contribution in [-0.2, 0) is 28.2 Å². The number of carbonyl (C=O) groups is 1. The highest BCUT2D eigenvalue weighted by molar-refractivity contribution is 6.74. The van der Waals surface area contributed by atoms with Crippen LogP contribution in [0.1, 0.15) is 93.4 Å². The van der Waals surface area contributed by atoms with Gasteiger partial charge in [0.1, 0.15) is 0 Å². The summed E-state index contributed by atoms with van der Waals surface area (Å²) in [5.74, 6) is 0.629. The van der Waals surface area contributed by atoms with Crippen LogP contribution in [0.3, 0.4) is 0 Å². The summed E-state index contributed by atoms with van der Waals surface area (Å²) in [6.07, 6.45) is 7.64. The second-order valence-electron chi connectivity index (χ2n) is 15.5. The molecule has 7 heteroatoms. The molecule has 210 valence electrons. The Morgan fingerprint density at radius 2 is 1.68 bits per heavy atom. The molecular weight excluding hydrogens is 484 g/mol. The molecule has 6 aliphatic rings. The Balaban J connectivity index is 1.43. The normalized spacial score (nSPS) is 50.1. The van der Waals surface area contributed by atoms with Gasteiger partial charge >= 0.3 is 5.97 Å². The van der Waals surface area contributed by atoms with Crippen molar-refractivity contribution in [2.75, 3.05) is 0 Å². The molecular formula is C30H50O6Si. The fourth-order valence-electron chi connectivity index (χ4n) is 9.78. The smallest absolute Gasteiger partial charge is 0.304 e. The third-order valence-electron chi connectivity index (χ3n) is 12.1. The maximum Gasteiger partial charge on any atom is 0.304 e. The molecule has 6 rings (SSSR count). The molecule has 6 fully saturated rings. The van der Waals surface area contributed by atoms with Crippen LogP contribution >= 0.6 is 0 Å². The van der Waals surface area contributed by atoms with Crippen LogP contribution in [0.15, 0.2) is 0 Å². The summed E-state index contributed by atoms with van der Waals surface area (Å²) in [5, 5.41) is 0.171. The first-order valence-electron chi connectivity index (χ1n) is 15.0. The number of rotatable bonds is 3. The molecule has 0 aromatic carbocycles. The van der Waals surface area contributed by atoms with Gasteiger partial charge < -0.3 is 23.4 Å². The monoisotopic (exact) mass is 534 g/mol. The standard InChI is InChI=1S/C30H50O6Si/c1-17(31)32-26-30-15-11-10-12-19(30)24-25(35-28(5,6)34-24)22-18-13-14-21(36-37(8,9)27(2,3)4)29(18,7)16-20(33-26)23(22)30/h18-26H,10-16H2,1-9H3/t18?,19?,20?,21?,22?,23?,24?,25?,26?,29-,30+/m0/s1. The van der Waals surface area contributed by atoms with Gasteiger partial charge in [0, 0.05) is 18.3 Å². The summed E-state index contributed by atoms with van der Waals surface area (Å²) in [5.41, 5.74) is -0.167. The van der Waals surface area contributed by atoms with Gasteiger partial charge in [0.25, 0.3) is 0 Å². The van der Waals surface area contributed by atoms with Gasteiger partial charge in [0.15, 0.2) is 14.1 Å². The first-order valence-corrected chi connectivity index (χ1v) is 17.9. The Kier molecular flexibility index (Phi) is 5.98. The highest BCUT2D eigenvalue weighted by Crippen LogP contribution is 2.73. The zero-order chi connectivity index (χ0) is 26.8. The Bertz CT molecular complexity index is 943. The zero-order valence-corrected chi connectivity index (χ0v) is 25.6. The van der Waals surface area contributed by atoms with Crippen molar-refractivity contribution in [2.45, 2.75) is 148 Å². The lowest BCUT2D eigenvalue weighted by Gasteiger charge is -2.61. The maximum atomic E-state index is 12.4. The van der Waals surface area contributed by atoms with Crippen LogP contribution in [0.5, 0.6) is 0 Å². The Morgan fingerprint density at radius 3 is 2.35 bits per heavy atom. The van der Waals surface area contributed by atoms with Gasteiger partial charge in [-0.05, 0) is 87.3 Å². The second-order valence-corrected chi connectivity index (χ2v) is 20.3. The third-order valence-corrected chi connectivity index (χ3v) is 16.6. The minimum absolute atomic E-state index is 0.00973. The number of carbonyl (C=O) groups excluding carboxylic acids is 1. The van der Waals surface area contributed by atoms with Crippen molar-refractivity contribution in [1.29, 1.82) is 0 Å². The van der Waals surface area contributed by atoms with Crippen molar-refractivity contribution in [3.8, 4) is 0 Å². The number of hydrogen-bond acceptors (Lipinski definition) is 6. The van der Waals surface area contributed by atoms with Gasteiger partial charge in [-0.15, -0.1) is 0 Å². The number of esters is 1. The summed E-state index contributed by atoms with van der Waals surface area (Å²) in [6, 6.07) is 0. The summed E-state index contributed by atoms with van der Waals surface area (Å²) in [6.45, 7) is 19.9. The molecule has 11 atom stereocenters. The van der Waals surface area contributed by atoms with E-state index in [1.54, 1.807) is 0 Å². The molecule has 2 heterocycles. The van der Waals surface area contributed by atoms with Gasteiger partial charge in [-0.25, -0.2) is 0 Å². The largest absolute Gasteiger partial charge is 0.435 e. The molecule has 9 unspecified atom stereocenters. The van der Waals surface area contributed by atoms with Gasteiger partial charge in [0.05, 0.1) is 24.4 Å². The molecule has 0 amide bonds. The van der Waals surface area contributed by atoms with Gasteiger partial charge in [-0.1, -0.05) is 40.5 Å². The van der Waals surface area contributed by atoms with Crippen molar-refractivity contribution in [1.82, 2.24) is 0 Å². The topological polar surface area (TPSA) is 63.2 Å². The van der Waals surface area contributed by atoms with Gasteiger partial charge in [0.2, 0.25) is 6.29 Å². The quantitative estimate of drug-likeness (QED) is 0.307. The van der Waals surface area contributed by atoms with Crippen molar-refractivity contribution >= 4 is 14.3 Å². The van der Waals surface area contributed by atoms with E-state index in [2.05, 4.69) is 54.6 Å². The van der Waals surface area contributed by atoms with Crippen LogP contribution in [-0.4, -0.2) is 50.8 Å². The van der Waals surface area contributed by atoms with E-state index in [0.29, 0.717) is 23.7 Å². The summed E-state index contributed by atoms with van der Waals surface area (Å²) in [7, 11) is -1.94. The first kappa shape index (κ1) is 26.7. The fraction of sp³-hybridized carbons (Fsp3) is 0.967. The maximum absolute atomic E-state index is 12.4. The van der Waals surface area contributed by atoms with E-state index in [0.717, 1.165) is 38.5 Å². The summed E-state index contributed by atoms with van der Waals surface area (Å²) >= 11 is 0. The average molecular weight is 535 g/mol. The number of fused-ring (bicyclic) bond motifs is 5. The molecule has 0 radical (unpaired) electrons. The lowest BCUT2D eigenvalue weighted by molar-refractivity contribution is -0.222. The second kappa shape index (κ2) is 8.28. The lowest BCUT2D eigenvalue weighted by Crippen LogP contribution is -2.66. The SMILES string of the molecule is CC(=O)OC1OC2C[C@]3(C)C(O[Si](C)(C)C(C)(C)C)CCC3C3C4OC(C)(C)OC4C4CCCC[C@@]14C23. The fourth-order valence-corrected chi connectivity index (χ4v) is 11.2. The number of hydrogen-bond donors (Lipinski definition) is 0. The van der Waals surface area contributed by atoms with Crippen molar-refractivity contribution in [3.05, 3.63) is 0 Å². The highest BCUT2D eigenvalue weighted by atomic mass is 28.4. The molecule has 6 nitrogen and oxygen atoms in total. The van der Waals surface area contributed by atoms with E-state index in [9.17, 15) is 4.79 Å². The lowest BCUT2D eigenvalue weighted by atomic mass is 9.43.